The predicted octanol–water partition coefficient (Wildman–Crippen LogP) is 3.39. The van der Waals surface area contributed by atoms with Crippen LogP contribution in [0.3, 0.4) is 0 Å². The molecule has 0 unspecified atom stereocenters. The summed E-state index contributed by atoms with van der Waals surface area (Å²) >= 11 is 0. The summed E-state index contributed by atoms with van der Waals surface area (Å²) in [7, 11) is -4.26. The standard InChI is InChI=1S/C21H26F3N5O2S/c22-21(23,24)17-7-3-4-8-18(17)32(30,31)29-15-13-28(14-16-29)20-10-9-19(25-26-20)27-11-5-1-2-6-12-27/h3-4,7-10H,1-2,5-6,11-16H2. The van der Waals surface area contributed by atoms with Gasteiger partial charge in [0.05, 0.1) is 10.5 Å². The van der Waals surface area contributed by atoms with Gasteiger partial charge in [-0.05, 0) is 37.1 Å². The molecular formula is C21H26F3N5O2S. The Labute approximate surface area is 185 Å². The molecule has 0 radical (unpaired) electrons. The van der Waals surface area contributed by atoms with Gasteiger partial charge in [0, 0.05) is 39.3 Å². The van der Waals surface area contributed by atoms with Crippen molar-refractivity contribution in [1.82, 2.24) is 14.5 Å². The highest BCUT2D eigenvalue weighted by Gasteiger charge is 2.39. The molecule has 174 valence electrons. The zero-order valence-electron chi connectivity index (χ0n) is 17.6. The van der Waals surface area contributed by atoms with Crippen molar-refractivity contribution >= 4 is 21.7 Å². The van der Waals surface area contributed by atoms with E-state index in [0.29, 0.717) is 18.9 Å². The van der Waals surface area contributed by atoms with Crippen molar-refractivity contribution in [3.05, 3.63) is 42.0 Å². The number of piperazine rings is 1. The van der Waals surface area contributed by atoms with Crippen molar-refractivity contribution in [2.45, 2.75) is 36.8 Å². The number of alkyl halides is 3. The van der Waals surface area contributed by atoms with Crippen molar-refractivity contribution < 1.29 is 21.6 Å². The largest absolute Gasteiger partial charge is 0.417 e. The summed E-state index contributed by atoms with van der Waals surface area (Å²) in [4.78, 5) is 3.43. The van der Waals surface area contributed by atoms with Crippen LogP contribution >= 0.6 is 0 Å². The molecule has 0 atom stereocenters. The van der Waals surface area contributed by atoms with Crippen LogP contribution in [0.4, 0.5) is 24.8 Å². The molecule has 0 spiro atoms. The summed E-state index contributed by atoms with van der Waals surface area (Å²) in [6.45, 7) is 2.72. The van der Waals surface area contributed by atoms with E-state index in [-0.39, 0.29) is 13.1 Å². The first-order valence-corrected chi connectivity index (χ1v) is 12.2. The second-order valence-corrected chi connectivity index (χ2v) is 9.94. The Morgan fingerprint density at radius 1 is 0.719 bits per heavy atom. The van der Waals surface area contributed by atoms with E-state index in [1.165, 1.54) is 25.0 Å². The lowest BCUT2D eigenvalue weighted by Crippen LogP contribution is -2.49. The van der Waals surface area contributed by atoms with E-state index in [4.69, 9.17) is 0 Å². The molecule has 1 aromatic heterocycles. The maximum atomic E-state index is 13.3. The normalized spacial score (nSPS) is 19.1. The van der Waals surface area contributed by atoms with Crippen LogP contribution in [0.1, 0.15) is 31.2 Å². The van der Waals surface area contributed by atoms with Crippen LogP contribution < -0.4 is 9.80 Å². The molecular weight excluding hydrogens is 443 g/mol. The predicted molar refractivity (Wildman–Crippen MR) is 115 cm³/mol. The second-order valence-electron chi connectivity index (χ2n) is 8.04. The maximum Gasteiger partial charge on any atom is 0.417 e. The van der Waals surface area contributed by atoms with Gasteiger partial charge in [-0.2, -0.15) is 17.5 Å². The van der Waals surface area contributed by atoms with Gasteiger partial charge in [0.1, 0.15) is 0 Å². The second kappa shape index (κ2) is 9.22. The first kappa shape index (κ1) is 22.8. The third-order valence-corrected chi connectivity index (χ3v) is 7.90. The lowest BCUT2D eigenvalue weighted by Gasteiger charge is -2.35. The Kier molecular flexibility index (Phi) is 6.57. The number of nitrogens with zero attached hydrogens (tertiary/aromatic N) is 5. The molecule has 0 saturated carbocycles. The van der Waals surface area contributed by atoms with Crippen molar-refractivity contribution in [2.75, 3.05) is 49.1 Å². The highest BCUT2D eigenvalue weighted by atomic mass is 32.2. The number of benzene rings is 1. The van der Waals surface area contributed by atoms with Crippen LogP contribution in [-0.2, 0) is 16.2 Å². The minimum atomic E-state index is -4.74. The number of hydrogen-bond donors (Lipinski definition) is 0. The summed E-state index contributed by atoms with van der Waals surface area (Å²) in [5, 5.41) is 8.67. The van der Waals surface area contributed by atoms with Gasteiger partial charge in [0.15, 0.2) is 11.6 Å². The summed E-state index contributed by atoms with van der Waals surface area (Å²) in [6, 6.07) is 8.10. The monoisotopic (exact) mass is 469 g/mol. The summed E-state index contributed by atoms with van der Waals surface area (Å²) < 4.78 is 66.9. The van der Waals surface area contributed by atoms with Crippen molar-refractivity contribution in [3.8, 4) is 0 Å². The van der Waals surface area contributed by atoms with Gasteiger partial charge in [0.25, 0.3) is 0 Å². The fourth-order valence-corrected chi connectivity index (χ4v) is 5.81. The van der Waals surface area contributed by atoms with Crippen molar-refractivity contribution in [1.29, 1.82) is 0 Å². The first-order chi connectivity index (χ1) is 15.3. The summed E-state index contributed by atoms with van der Waals surface area (Å²) in [5.74, 6) is 1.47. The van der Waals surface area contributed by atoms with Crippen molar-refractivity contribution in [2.24, 2.45) is 0 Å². The number of rotatable bonds is 4. The number of aromatic nitrogens is 2. The molecule has 0 amide bonds. The van der Waals surface area contributed by atoms with E-state index in [2.05, 4.69) is 15.1 Å². The maximum absolute atomic E-state index is 13.3. The van der Waals surface area contributed by atoms with Gasteiger partial charge >= 0.3 is 6.18 Å². The lowest BCUT2D eigenvalue weighted by atomic mass is 10.2. The molecule has 2 fully saturated rings. The van der Waals surface area contributed by atoms with E-state index >= 15 is 0 Å². The van der Waals surface area contributed by atoms with Gasteiger partial charge < -0.3 is 9.80 Å². The highest BCUT2D eigenvalue weighted by Crippen LogP contribution is 2.35. The molecule has 2 aliphatic rings. The van der Waals surface area contributed by atoms with Gasteiger partial charge in [-0.25, -0.2) is 8.42 Å². The van der Waals surface area contributed by atoms with Gasteiger partial charge in [-0.3, -0.25) is 0 Å². The number of halogens is 3. The quantitative estimate of drug-likeness (QED) is 0.684. The smallest absolute Gasteiger partial charge is 0.355 e. The van der Waals surface area contributed by atoms with Crippen molar-refractivity contribution in [3.63, 3.8) is 0 Å². The third kappa shape index (κ3) is 4.83. The molecule has 0 bridgehead atoms. The Hall–Kier alpha value is -2.40. The van der Waals surface area contributed by atoms with E-state index < -0.39 is 26.7 Å². The Bertz CT molecular complexity index is 1010. The average Bonchev–Trinajstić information content (AvgIpc) is 3.08. The fourth-order valence-electron chi connectivity index (χ4n) is 4.18. The molecule has 11 heteroatoms. The molecule has 4 rings (SSSR count). The Balaban J connectivity index is 1.43. The number of anilines is 2. The number of sulfonamides is 1. The molecule has 0 aliphatic carbocycles. The Morgan fingerprint density at radius 3 is 1.78 bits per heavy atom. The van der Waals surface area contributed by atoms with Crippen LogP contribution in [0, 0.1) is 0 Å². The summed E-state index contributed by atoms with van der Waals surface area (Å²) in [6.07, 6.45) is -0.0177. The first-order valence-electron chi connectivity index (χ1n) is 10.8. The molecule has 0 N–H and O–H groups in total. The Morgan fingerprint density at radius 2 is 1.25 bits per heavy atom. The average molecular weight is 470 g/mol. The zero-order valence-corrected chi connectivity index (χ0v) is 18.4. The van der Waals surface area contributed by atoms with E-state index in [9.17, 15) is 21.6 Å². The van der Waals surface area contributed by atoms with E-state index in [0.717, 1.165) is 48.2 Å². The molecule has 32 heavy (non-hydrogen) atoms. The van der Waals surface area contributed by atoms with Crippen LogP contribution in [0.15, 0.2) is 41.3 Å². The van der Waals surface area contributed by atoms with Crippen LogP contribution in [-0.4, -0.2) is 62.2 Å². The number of hydrogen-bond acceptors (Lipinski definition) is 6. The summed E-state index contributed by atoms with van der Waals surface area (Å²) in [5.41, 5.74) is -1.14. The fraction of sp³-hybridized carbons (Fsp3) is 0.524. The molecule has 2 aliphatic heterocycles. The van der Waals surface area contributed by atoms with Crippen LogP contribution in [0.25, 0.3) is 0 Å². The van der Waals surface area contributed by atoms with Gasteiger partial charge in [-0.1, -0.05) is 25.0 Å². The molecule has 7 nitrogen and oxygen atoms in total. The molecule has 2 aromatic rings. The highest BCUT2D eigenvalue weighted by molar-refractivity contribution is 7.89. The zero-order chi connectivity index (χ0) is 22.8. The minimum Gasteiger partial charge on any atom is -0.355 e. The lowest BCUT2D eigenvalue weighted by molar-refractivity contribution is -0.139. The SMILES string of the molecule is O=S(=O)(c1ccccc1C(F)(F)F)N1CCN(c2ccc(N3CCCCCC3)nn2)CC1. The van der Waals surface area contributed by atoms with E-state index in [1.807, 2.05) is 17.0 Å². The topological polar surface area (TPSA) is 69.6 Å². The van der Waals surface area contributed by atoms with Crippen LogP contribution in [0.5, 0.6) is 0 Å². The van der Waals surface area contributed by atoms with Gasteiger partial charge in [0.2, 0.25) is 10.0 Å². The molecule has 1 aromatic carbocycles. The van der Waals surface area contributed by atoms with Gasteiger partial charge in [-0.15, -0.1) is 10.2 Å². The van der Waals surface area contributed by atoms with E-state index in [1.54, 1.807) is 0 Å². The molecule has 3 heterocycles. The van der Waals surface area contributed by atoms with Crippen LogP contribution in [0.2, 0.25) is 0 Å². The third-order valence-electron chi connectivity index (χ3n) is 5.94. The minimum absolute atomic E-state index is 0.0735. The molecule has 2 saturated heterocycles.